The monoisotopic (exact) mass is 433 g/mol. The first kappa shape index (κ1) is 19.0. The second-order valence-corrected chi connectivity index (χ2v) is 7.79. The highest BCUT2D eigenvalue weighted by atomic mass is 35.5. The quantitative estimate of drug-likeness (QED) is 0.408. The molecule has 2 aromatic carbocycles. The summed E-state index contributed by atoms with van der Waals surface area (Å²) in [4.78, 5) is 10.3. The first-order valence-corrected chi connectivity index (χ1v) is 9.66. The third-order valence-electron chi connectivity index (χ3n) is 5.45. The second kappa shape index (κ2) is 6.50. The van der Waals surface area contributed by atoms with E-state index in [1.165, 1.54) is 12.1 Å². The van der Waals surface area contributed by atoms with Crippen LogP contribution in [0.15, 0.2) is 48.8 Å². The van der Waals surface area contributed by atoms with Crippen molar-refractivity contribution in [1.82, 2.24) is 14.1 Å². The summed E-state index contributed by atoms with van der Waals surface area (Å²) in [6, 6.07) is 11.0. The molecule has 0 fully saturated rings. The summed E-state index contributed by atoms with van der Waals surface area (Å²) in [5, 5.41) is 1.57. The highest BCUT2D eigenvalue weighted by Crippen LogP contribution is 2.36. The largest absolute Gasteiger partial charge is 0.416 e. The van der Waals surface area contributed by atoms with E-state index in [2.05, 4.69) is 4.98 Å². The van der Waals surface area contributed by atoms with Crippen molar-refractivity contribution < 1.29 is 22.7 Å². The van der Waals surface area contributed by atoms with Gasteiger partial charge in [0.15, 0.2) is 12.7 Å². The summed E-state index contributed by atoms with van der Waals surface area (Å²) in [5.41, 5.74) is 3.33. The van der Waals surface area contributed by atoms with Gasteiger partial charge in [-0.2, -0.15) is 13.2 Å². The van der Waals surface area contributed by atoms with Crippen LogP contribution in [0, 0.1) is 0 Å². The molecule has 1 atom stereocenters. The number of imidazole rings is 1. The molecule has 154 valence electrons. The summed E-state index contributed by atoms with van der Waals surface area (Å²) in [7, 11) is 3.66. The molecule has 3 heterocycles. The van der Waals surface area contributed by atoms with Crippen LogP contribution in [0.5, 0.6) is 0 Å². The standard InChI is InChI=1S/C21H17ClF3N4O/c1-27-11-26-20-19(27)15-9-12(17-10-18(22)28(2)30-17)3-8-16(15)29(20)14-6-4-13(5-7-14)21(23,24)25/h3-9,11,17H,10H2,1-2H3/q+1. The van der Waals surface area contributed by atoms with Crippen molar-refractivity contribution in [3.63, 3.8) is 0 Å². The maximum atomic E-state index is 13.0. The molecule has 0 N–H and O–H groups in total. The molecule has 30 heavy (non-hydrogen) atoms. The van der Waals surface area contributed by atoms with Crippen LogP contribution in [0.4, 0.5) is 13.2 Å². The molecule has 1 aliphatic rings. The summed E-state index contributed by atoms with van der Waals surface area (Å²) in [6.07, 6.45) is -2.29. The molecule has 0 spiro atoms. The van der Waals surface area contributed by atoms with Crippen molar-refractivity contribution in [2.75, 3.05) is 7.05 Å². The number of hydrogen-bond donors (Lipinski definition) is 0. The summed E-state index contributed by atoms with van der Waals surface area (Å²) in [5.74, 6) is 0. The smallest absolute Gasteiger partial charge is 0.332 e. The van der Waals surface area contributed by atoms with Crippen molar-refractivity contribution in [2.24, 2.45) is 7.05 Å². The van der Waals surface area contributed by atoms with Crippen LogP contribution in [0.3, 0.4) is 0 Å². The van der Waals surface area contributed by atoms with Crippen LogP contribution in [-0.2, 0) is 18.1 Å². The van der Waals surface area contributed by atoms with E-state index in [-0.39, 0.29) is 6.10 Å². The molecule has 4 aromatic rings. The zero-order valence-electron chi connectivity index (χ0n) is 16.1. The zero-order chi connectivity index (χ0) is 21.2. The topological polar surface area (TPSA) is 35.0 Å². The van der Waals surface area contributed by atoms with E-state index >= 15 is 0 Å². The van der Waals surface area contributed by atoms with Gasteiger partial charge in [-0.25, -0.2) is 4.98 Å². The van der Waals surface area contributed by atoms with Gasteiger partial charge in [-0.1, -0.05) is 6.07 Å². The van der Waals surface area contributed by atoms with Crippen molar-refractivity contribution in [3.05, 3.63) is 59.9 Å². The SMILES string of the molecule is Cn1cnc2c1c1cc(C3CC(Cl)=[N+](C)O3)ccc1n2-c1ccc(C(F)(F)F)cc1. The molecule has 0 aliphatic carbocycles. The predicted octanol–water partition coefficient (Wildman–Crippen LogP) is 5.19. The molecule has 0 amide bonds. The minimum Gasteiger partial charge on any atom is -0.332 e. The van der Waals surface area contributed by atoms with Gasteiger partial charge in [-0.3, -0.25) is 9.40 Å². The third kappa shape index (κ3) is 2.86. The average Bonchev–Trinajstić information content (AvgIpc) is 3.34. The lowest BCUT2D eigenvalue weighted by Gasteiger charge is -2.10. The first-order chi connectivity index (χ1) is 14.2. The lowest BCUT2D eigenvalue weighted by Crippen LogP contribution is -2.05. The highest BCUT2D eigenvalue weighted by Gasteiger charge is 2.33. The number of rotatable bonds is 2. The minimum atomic E-state index is -4.38. The Balaban J connectivity index is 1.67. The minimum absolute atomic E-state index is 0.190. The summed E-state index contributed by atoms with van der Waals surface area (Å²) < 4.78 is 44.2. The van der Waals surface area contributed by atoms with Gasteiger partial charge in [0.2, 0.25) is 6.10 Å². The molecule has 1 unspecified atom stereocenters. The summed E-state index contributed by atoms with van der Waals surface area (Å²) >= 11 is 6.18. The van der Waals surface area contributed by atoms with Gasteiger partial charge in [0.25, 0.3) is 5.17 Å². The first-order valence-electron chi connectivity index (χ1n) is 9.29. The lowest BCUT2D eigenvalue weighted by molar-refractivity contribution is -0.768. The van der Waals surface area contributed by atoms with Gasteiger partial charge in [-0.05, 0) is 52.7 Å². The Hall–Kier alpha value is -3.00. The Bertz CT molecular complexity index is 1300. The van der Waals surface area contributed by atoms with Crippen LogP contribution in [0.2, 0.25) is 0 Å². The van der Waals surface area contributed by atoms with Gasteiger partial charge in [0, 0.05) is 23.7 Å². The van der Waals surface area contributed by atoms with E-state index < -0.39 is 11.7 Å². The van der Waals surface area contributed by atoms with Crippen LogP contribution in [-0.4, -0.2) is 31.1 Å². The molecule has 2 aromatic heterocycles. The lowest BCUT2D eigenvalue weighted by atomic mass is 10.0. The number of hydrogen-bond acceptors (Lipinski definition) is 2. The summed E-state index contributed by atoms with van der Waals surface area (Å²) in [6.45, 7) is 0. The number of alkyl halides is 3. The third-order valence-corrected chi connectivity index (χ3v) is 5.84. The molecular weight excluding hydrogens is 417 g/mol. The van der Waals surface area contributed by atoms with Gasteiger partial charge in [-0.15, -0.1) is 0 Å². The molecule has 0 saturated heterocycles. The Kier molecular flexibility index (Phi) is 4.12. The van der Waals surface area contributed by atoms with Gasteiger partial charge in [0.05, 0.1) is 29.3 Å². The van der Waals surface area contributed by atoms with E-state index in [1.54, 1.807) is 18.1 Å². The Morgan fingerprint density at radius 3 is 2.53 bits per heavy atom. The second-order valence-electron chi connectivity index (χ2n) is 7.36. The number of aryl methyl sites for hydroxylation is 1. The number of aromatic nitrogens is 3. The molecule has 0 bridgehead atoms. The molecule has 0 saturated carbocycles. The number of halogens is 4. The van der Waals surface area contributed by atoms with E-state index in [4.69, 9.17) is 16.4 Å². The van der Waals surface area contributed by atoms with Crippen molar-refractivity contribution in [2.45, 2.75) is 18.7 Å². The number of nitrogens with zero attached hydrogens (tertiary/aromatic N) is 4. The fraction of sp³-hybridized carbons (Fsp3) is 0.238. The van der Waals surface area contributed by atoms with E-state index in [0.29, 0.717) is 22.9 Å². The number of hydroxylamine groups is 1. The Labute approximate surface area is 174 Å². The fourth-order valence-corrected chi connectivity index (χ4v) is 4.13. The number of benzene rings is 2. The average molecular weight is 434 g/mol. The molecule has 0 radical (unpaired) electrons. The van der Waals surface area contributed by atoms with Crippen LogP contribution < -0.4 is 0 Å². The number of fused-ring (bicyclic) bond motifs is 3. The van der Waals surface area contributed by atoms with Crippen LogP contribution in [0.25, 0.3) is 27.8 Å². The van der Waals surface area contributed by atoms with Crippen LogP contribution in [0.1, 0.15) is 23.7 Å². The highest BCUT2D eigenvalue weighted by molar-refractivity contribution is 6.64. The molecule has 5 rings (SSSR count). The zero-order valence-corrected chi connectivity index (χ0v) is 16.9. The van der Waals surface area contributed by atoms with Crippen LogP contribution >= 0.6 is 11.6 Å². The van der Waals surface area contributed by atoms with Gasteiger partial charge < -0.3 is 4.57 Å². The van der Waals surface area contributed by atoms with Crippen molar-refractivity contribution in [3.8, 4) is 5.69 Å². The van der Waals surface area contributed by atoms with Gasteiger partial charge >= 0.3 is 6.18 Å². The Morgan fingerprint density at radius 2 is 1.90 bits per heavy atom. The maximum absolute atomic E-state index is 13.0. The molecule has 9 heteroatoms. The molecule has 1 aliphatic heterocycles. The van der Waals surface area contributed by atoms with E-state index in [9.17, 15) is 13.2 Å². The fourth-order valence-electron chi connectivity index (χ4n) is 3.95. The van der Waals surface area contributed by atoms with E-state index in [1.807, 2.05) is 34.4 Å². The van der Waals surface area contributed by atoms with Crippen molar-refractivity contribution in [1.29, 1.82) is 0 Å². The van der Waals surface area contributed by atoms with Crippen molar-refractivity contribution >= 4 is 38.8 Å². The van der Waals surface area contributed by atoms with E-state index in [0.717, 1.165) is 34.1 Å². The Morgan fingerprint density at radius 1 is 1.17 bits per heavy atom. The molecule has 5 nitrogen and oxygen atoms in total. The maximum Gasteiger partial charge on any atom is 0.416 e. The molecular formula is C21H17ClF3N4O+. The predicted molar refractivity (Wildman–Crippen MR) is 108 cm³/mol. The van der Waals surface area contributed by atoms with Gasteiger partial charge in [0.1, 0.15) is 0 Å². The normalized spacial score (nSPS) is 17.3.